The van der Waals surface area contributed by atoms with Crippen LogP contribution in [0.5, 0.6) is 5.88 Å². The fourth-order valence-electron chi connectivity index (χ4n) is 6.57. The Balaban J connectivity index is 1.15. The summed E-state index contributed by atoms with van der Waals surface area (Å²) in [4.78, 5) is 30.7. The highest BCUT2D eigenvalue weighted by molar-refractivity contribution is 5.78. The van der Waals surface area contributed by atoms with E-state index < -0.39 is 6.43 Å². The van der Waals surface area contributed by atoms with Crippen LogP contribution in [0.1, 0.15) is 68.6 Å². The number of hydrogen-bond acceptors (Lipinski definition) is 9. The summed E-state index contributed by atoms with van der Waals surface area (Å²) in [6.45, 7) is 4.24. The van der Waals surface area contributed by atoms with Crippen molar-refractivity contribution in [2.45, 2.75) is 76.0 Å². The zero-order valence-electron chi connectivity index (χ0n) is 24.7. The molecule has 0 bridgehead atoms. The van der Waals surface area contributed by atoms with Crippen LogP contribution in [0, 0.1) is 0 Å². The van der Waals surface area contributed by atoms with E-state index in [0.717, 1.165) is 51.5 Å². The molecule has 2 aromatic heterocycles. The average molecular weight is 602 g/mol. The summed E-state index contributed by atoms with van der Waals surface area (Å²) in [6, 6.07) is 2.04. The highest BCUT2D eigenvalue weighted by atomic mass is 19.3. The number of anilines is 1. The minimum absolute atomic E-state index is 0.0514. The molecule has 1 saturated carbocycles. The van der Waals surface area contributed by atoms with Gasteiger partial charge in [0.25, 0.3) is 6.43 Å². The van der Waals surface area contributed by atoms with Gasteiger partial charge < -0.3 is 24.4 Å². The Hall–Kier alpha value is -3.16. The zero-order chi connectivity index (χ0) is 29.8. The molecule has 43 heavy (non-hydrogen) atoms. The zero-order valence-corrected chi connectivity index (χ0v) is 24.7. The third-order valence-corrected chi connectivity index (χ3v) is 8.77. The summed E-state index contributed by atoms with van der Waals surface area (Å²) >= 11 is 0. The topological polar surface area (TPSA) is 107 Å². The van der Waals surface area contributed by atoms with Gasteiger partial charge in [-0.1, -0.05) is 6.08 Å². The number of amides is 1. The standard InChI is InChI=1S/C30H41F2N7O4/c1-41-19-21-5-4-12-38(21)18-26(40)33-20-8-10-22(11-9-20)43-27-17-25(35-30(36-27)37-13-15-42-16-14-37)39-24-7-3-2-6-23(24)34-29(39)28(31)32/h3,7,17,20-22,28H,2,4-6,8-16,18-19H2,1H3,(H,33,40)/t20?,21-,22?/m0/s1. The van der Waals surface area contributed by atoms with Crippen molar-refractivity contribution in [3.63, 3.8) is 0 Å². The van der Waals surface area contributed by atoms with Crippen LogP contribution in [0.3, 0.4) is 0 Å². The molecule has 2 aliphatic carbocycles. The molecule has 0 spiro atoms. The Labute approximate surface area is 250 Å². The number of halogens is 2. The number of nitrogens with one attached hydrogen (secondary N) is 1. The fourth-order valence-corrected chi connectivity index (χ4v) is 6.57. The van der Waals surface area contributed by atoms with E-state index in [1.807, 2.05) is 17.1 Å². The molecule has 2 aromatic rings. The number of allylic oxidation sites excluding steroid dienone is 1. The number of fused-ring (bicyclic) bond motifs is 1. The van der Waals surface area contributed by atoms with E-state index >= 15 is 0 Å². The van der Waals surface area contributed by atoms with Crippen LogP contribution in [0.4, 0.5) is 14.7 Å². The van der Waals surface area contributed by atoms with E-state index in [4.69, 9.17) is 24.2 Å². The van der Waals surface area contributed by atoms with Crippen molar-refractivity contribution in [1.29, 1.82) is 0 Å². The molecule has 234 valence electrons. The van der Waals surface area contributed by atoms with Crippen molar-refractivity contribution >= 4 is 17.9 Å². The van der Waals surface area contributed by atoms with Gasteiger partial charge in [0.1, 0.15) is 11.9 Å². The molecule has 0 aromatic carbocycles. The summed E-state index contributed by atoms with van der Waals surface area (Å²) in [5.74, 6) is 0.813. The van der Waals surface area contributed by atoms with Crippen molar-refractivity contribution in [2.24, 2.45) is 0 Å². The number of aryl methyl sites for hydroxylation is 1. The Morgan fingerprint density at radius 3 is 2.70 bits per heavy atom. The molecule has 1 amide bonds. The number of methoxy groups -OCH3 is 1. The lowest BCUT2D eigenvalue weighted by molar-refractivity contribution is -0.123. The molecule has 4 aliphatic rings. The van der Waals surface area contributed by atoms with Crippen molar-refractivity contribution in [1.82, 2.24) is 29.7 Å². The van der Waals surface area contributed by atoms with Gasteiger partial charge in [-0.3, -0.25) is 14.3 Å². The van der Waals surface area contributed by atoms with E-state index in [9.17, 15) is 13.6 Å². The lowest BCUT2D eigenvalue weighted by Crippen LogP contribution is -2.46. The number of aromatic nitrogens is 4. The maximum Gasteiger partial charge on any atom is 0.296 e. The number of hydrogen-bond donors (Lipinski definition) is 1. The number of carbonyl (C=O) groups excluding carboxylic acids is 1. The van der Waals surface area contributed by atoms with Gasteiger partial charge >= 0.3 is 0 Å². The molecule has 1 N–H and O–H groups in total. The van der Waals surface area contributed by atoms with Crippen LogP contribution in [-0.4, -0.2) is 102 Å². The summed E-state index contributed by atoms with van der Waals surface area (Å²) in [5.41, 5.74) is 1.27. The summed E-state index contributed by atoms with van der Waals surface area (Å²) in [6.07, 6.45) is 7.55. The molecule has 0 radical (unpaired) electrons. The molecule has 11 nitrogen and oxygen atoms in total. The largest absolute Gasteiger partial charge is 0.474 e. The highest BCUT2D eigenvalue weighted by Crippen LogP contribution is 2.32. The van der Waals surface area contributed by atoms with E-state index in [1.165, 1.54) is 4.57 Å². The monoisotopic (exact) mass is 601 g/mol. The third-order valence-electron chi connectivity index (χ3n) is 8.77. The smallest absolute Gasteiger partial charge is 0.296 e. The molecule has 13 heteroatoms. The van der Waals surface area contributed by atoms with E-state index in [-0.39, 0.29) is 23.9 Å². The number of carbonyl (C=O) groups is 1. The van der Waals surface area contributed by atoms with Crippen molar-refractivity contribution in [3.8, 4) is 11.7 Å². The molecule has 0 unspecified atom stereocenters. The molecule has 2 aliphatic heterocycles. The van der Waals surface area contributed by atoms with Gasteiger partial charge in [-0.15, -0.1) is 0 Å². The van der Waals surface area contributed by atoms with Crippen molar-refractivity contribution < 1.29 is 27.8 Å². The average Bonchev–Trinajstić information content (AvgIpc) is 3.63. The predicted octanol–water partition coefficient (Wildman–Crippen LogP) is 3.31. The van der Waals surface area contributed by atoms with Crippen LogP contribution in [0.2, 0.25) is 0 Å². The second-order valence-electron chi connectivity index (χ2n) is 11.7. The first-order valence-electron chi connectivity index (χ1n) is 15.5. The van der Waals surface area contributed by atoms with Gasteiger partial charge in [-0.25, -0.2) is 13.8 Å². The van der Waals surface area contributed by atoms with Gasteiger partial charge in [0.15, 0.2) is 5.82 Å². The van der Waals surface area contributed by atoms with Crippen LogP contribution >= 0.6 is 0 Å². The van der Waals surface area contributed by atoms with Gasteiger partial charge in [0.2, 0.25) is 17.7 Å². The molecule has 6 rings (SSSR count). The minimum atomic E-state index is -2.76. The van der Waals surface area contributed by atoms with E-state index in [2.05, 4.69) is 15.2 Å². The maximum atomic E-state index is 14.2. The normalized spacial score (nSPS) is 24.4. The van der Waals surface area contributed by atoms with Crippen LogP contribution in [0.15, 0.2) is 12.1 Å². The van der Waals surface area contributed by atoms with E-state index in [0.29, 0.717) is 81.0 Å². The first-order valence-corrected chi connectivity index (χ1v) is 15.5. The minimum Gasteiger partial charge on any atom is -0.474 e. The first-order chi connectivity index (χ1) is 21.0. The van der Waals surface area contributed by atoms with Crippen molar-refractivity contribution in [2.75, 3.05) is 58.0 Å². The number of alkyl halides is 2. The molecular weight excluding hydrogens is 560 g/mol. The lowest BCUT2D eigenvalue weighted by atomic mass is 9.93. The highest BCUT2D eigenvalue weighted by Gasteiger charge is 2.30. The SMILES string of the molecule is COC[C@@H]1CCCN1CC(=O)NC1CCC(Oc2cc(-n3c(C(F)F)nc4c3C=CCC4)nc(N3CCOCC3)n2)CC1. The first kappa shape index (κ1) is 29.9. The number of rotatable bonds is 10. The van der Waals surface area contributed by atoms with Crippen molar-refractivity contribution in [3.05, 3.63) is 29.4 Å². The number of ether oxygens (including phenoxy) is 3. The second kappa shape index (κ2) is 13.6. The Kier molecular flexibility index (Phi) is 9.49. The van der Waals surface area contributed by atoms with Crippen LogP contribution < -0.4 is 15.0 Å². The van der Waals surface area contributed by atoms with Crippen LogP contribution in [0.25, 0.3) is 11.9 Å². The molecule has 4 heterocycles. The summed E-state index contributed by atoms with van der Waals surface area (Å²) < 4.78 is 47.0. The van der Waals surface area contributed by atoms with Gasteiger partial charge in [0, 0.05) is 38.3 Å². The summed E-state index contributed by atoms with van der Waals surface area (Å²) in [5, 5.41) is 3.21. The number of morpholine rings is 1. The van der Waals surface area contributed by atoms with Gasteiger partial charge in [0.05, 0.1) is 37.8 Å². The molecular formula is C30H41F2N7O4. The third kappa shape index (κ3) is 6.99. The molecule has 3 fully saturated rings. The molecule has 1 atom stereocenters. The number of imidazole rings is 1. The predicted molar refractivity (Wildman–Crippen MR) is 156 cm³/mol. The summed E-state index contributed by atoms with van der Waals surface area (Å²) in [7, 11) is 1.70. The van der Waals surface area contributed by atoms with E-state index in [1.54, 1.807) is 13.2 Å². The maximum absolute atomic E-state index is 14.2. The Morgan fingerprint density at radius 1 is 1.12 bits per heavy atom. The number of likely N-dealkylation sites (tertiary alicyclic amines) is 1. The fraction of sp³-hybridized carbons (Fsp3) is 0.667. The number of nitrogens with zero attached hydrogens (tertiary/aromatic N) is 6. The Bertz CT molecular complexity index is 1290. The molecule has 2 saturated heterocycles. The van der Waals surface area contributed by atoms with Gasteiger partial charge in [-0.2, -0.15) is 9.97 Å². The Morgan fingerprint density at radius 2 is 1.93 bits per heavy atom. The lowest BCUT2D eigenvalue weighted by Gasteiger charge is -2.31. The van der Waals surface area contributed by atoms with Gasteiger partial charge in [-0.05, 0) is 64.0 Å². The van der Waals surface area contributed by atoms with Crippen LogP contribution in [-0.2, 0) is 20.7 Å². The second-order valence-corrected chi connectivity index (χ2v) is 11.7. The quantitative estimate of drug-likeness (QED) is 0.439.